The lowest BCUT2D eigenvalue weighted by atomic mass is 10.1. The molecule has 28 heavy (non-hydrogen) atoms. The first kappa shape index (κ1) is 18.0. The summed E-state index contributed by atoms with van der Waals surface area (Å²) in [7, 11) is 1.41. The number of aromatic nitrogens is 1. The van der Waals surface area contributed by atoms with Crippen LogP contribution < -0.4 is 15.5 Å². The van der Waals surface area contributed by atoms with Crippen LogP contribution in [-0.4, -0.2) is 22.8 Å². The van der Waals surface area contributed by atoms with Crippen LogP contribution in [0.25, 0.3) is 10.9 Å². The van der Waals surface area contributed by atoms with E-state index in [2.05, 4.69) is 5.32 Å². The molecule has 7 heteroatoms. The van der Waals surface area contributed by atoms with Gasteiger partial charge in [-0.15, -0.1) is 0 Å². The van der Waals surface area contributed by atoms with Gasteiger partial charge in [-0.3, -0.25) is 4.79 Å². The molecule has 0 atom stereocenters. The number of carboxylic acid groups (broad SMARTS) is 1. The smallest absolute Gasteiger partial charge is 0.341 e. The van der Waals surface area contributed by atoms with Crippen LogP contribution in [0, 0.1) is 5.82 Å². The van der Waals surface area contributed by atoms with E-state index in [1.807, 2.05) is 30.3 Å². The molecule has 6 nitrogen and oxygen atoms in total. The van der Waals surface area contributed by atoms with Gasteiger partial charge in [-0.25, -0.2) is 9.18 Å². The molecule has 4 rings (SSSR count). The summed E-state index contributed by atoms with van der Waals surface area (Å²) in [6, 6.07) is 10.7. The molecule has 144 valence electrons. The number of ether oxygens (including phenoxy) is 1. The van der Waals surface area contributed by atoms with Crippen molar-refractivity contribution in [3.05, 3.63) is 69.8 Å². The summed E-state index contributed by atoms with van der Waals surface area (Å²) in [5, 5.41) is 12.4. The van der Waals surface area contributed by atoms with Crippen LogP contribution in [0.5, 0.6) is 5.75 Å². The highest BCUT2D eigenvalue weighted by Gasteiger charge is 2.30. The fourth-order valence-corrected chi connectivity index (χ4v) is 3.40. The van der Waals surface area contributed by atoms with Gasteiger partial charge in [-0.1, -0.05) is 30.3 Å². The van der Waals surface area contributed by atoms with Crippen molar-refractivity contribution < 1.29 is 19.0 Å². The number of fused-ring (bicyclic) bond motifs is 1. The highest BCUT2D eigenvalue weighted by Crippen LogP contribution is 2.42. The van der Waals surface area contributed by atoms with Crippen molar-refractivity contribution in [1.29, 1.82) is 0 Å². The van der Waals surface area contributed by atoms with Crippen molar-refractivity contribution in [2.75, 3.05) is 12.4 Å². The molecule has 1 aromatic heterocycles. The Morgan fingerprint density at radius 3 is 2.64 bits per heavy atom. The summed E-state index contributed by atoms with van der Waals surface area (Å²) in [6.07, 6.45) is 3.07. The third-order valence-electron chi connectivity index (χ3n) is 4.91. The van der Waals surface area contributed by atoms with Crippen LogP contribution in [-0.2, 0) is 6.54 Å². The number of hydrogen-bond acceptors (Lipinski definition) is 4. The molecule has 1 heterocycles. The zero-order valence-electron chi connectivity index (χ0n) is 15.2. The molecule has 0 spiro atoms. The fourth-order valence-electron chi connectivity index (χ4n) is 3.40. The lowest BCUT2D eigenvalue weighted by Crippen LogP contribution is -2.20. The summed E-state index contributed by atoms with van der Waals surface area (Å²) >= 11 is 0. The van der Waals surface area contributed by atoms with Crippen LogP contribution in [0.15, 0.2) is 47.4 Å². The van der Waals surface area contributed by atoms with Crippen LogP contribution in [0.1, 0.15) is 34.8 Å². The normalized spacial score (nSPS) is 13.5. The number of halogens is 1. The number of methoxy groups -OCH3 is 1. The Morgan fingerprint density at radius 1 is 1.32 bits per heavy atom. The molecule has 3 aromatic rings. The average Bonchev–Trinajstić information content (AvgIpc) is 3.52. The van der Waals surface area contributed by atoms with Crippen molar-refractivity contribution in [2.24, 2.45) is 0 Å². The third-order valence-corrected chi connectivity index (χ3v) is 4.91. The van der Waals surface area contributed by atoms with Gasteiger partial charge in [-0.2, -0.15) is 0 Å². The maximum Gasteiger partial charge on any atom is 0.341 e. The van der Waals surface area contributed by atoms with Crippen molar-refractivity contribution in [3.8, 4) is 5.75 Å². The lowest BCUT2D eigenvalue weighted by Gasteiger charge is -2.19. The van der Waals surface area contributed by atoms with Gasteiger partial charge in [0.05, 0.1) is 18.0 Å². The molecule has 2 N–H and O–H groups in total. The van der Waals surface area contributed by atoms with Gasteiger partial charge in [0.15, 0.2) is 11.6 Å². The second-order valence-corrected chi connectivity index (χ2v) is 6.82. The Balaban J connectivity index is 1.91. The molecule has 0 saturated heterocycles. The highest BCUT2D eigenvalue weighted by molar-refractivity contribution is 5.97. The van der Waals surface area contributed by atoms with E-state index in [1.165, 1.54) is 13.3 Å². The maximum atomic E-state index is 14.9. The van der Waals surface area contributed by atoms with Crippen LogP contribution in [0.3, 0.4) is 0 Å². The number of carboxylic acids is 1. The van der Waals surface area contributed by atoms with E-state index in [9.17, 15) is 19.1 Å². The molecule has 0 aliphatic heterocycles. The van der Waals surface area contributed by atoms with Crippen LogP contribution >= 0.6 is 0 Å². The van der Waals surface area contributed by atoms with Crippen molar-refractivity contribution >= 4 is 22.6 Å². The van der Waals surface area contributed by atoms with Gasteiger partial charge in [0.2, 0.25) is 5.43 Å². The number of aromatic carboxylic acids is 1. The number of anilines is 1. The molecule has 1 fully saturated rings. The van der Waals surface area contributed by atoms with Gasteiger partial charge >= 0.3 is 5.97 Å². The molecular formula is C21H19FN2O4. The Morgan fingerprint density at radius 2 is 2.04 bits per heavy atom. The predicted octanol–water partition coefficient (Wildman–Crippen LogP) is 3.79. The van der Waals surface area contributed by atoms with Crippen molar-refractivity contribution in [2.45, 2.75) is 25.4 Å². The average molecular weight is 382 g/mol. The Hall–Kier alpha value is -3.35. The number of benzene rings is 2. The topological polar surface area (TPSA) is 80.6 Å². The fraction of sp³-hybridized carbons (Fsp3) is 0.238. The first-order valence-corrected chi connectivity index (χ1v) is 8.97. The number of nitrogens with zero attached hydrogens (tertiary/aromatic N) is 1. The summed E-state index contributed by atoms with van der Waals surface area (Å²) in [6.45, 7) is 0.375. The van der Waals surface area contributed by atoms with E-state index in [0.29, 0.717) is 12.1 Å². The molecule has 1 aliphatic carbocycles. The van der Waals surface area contributed by atoms with Crippen molar-refractivity contribution in [1.82, 2.24) is 4.57 Å². The van der Waals surface area contributed by atoms with Crippen molar-refractivity contribution in [3.63, 3.8) is 0 Å². The number of hydrogen-bond donors (Lipinski definition) is 2. The predicted molar refractivity (Wildman–Crippen MR) is 104 cm³/mol. The number of nitrogens with one attached hydrogen (secondary N) is 1. The zero-order chi connectivity index (χ0) is 19.8. The Kier molecular flexibility index (Phi) is 4.50. The van der Waals surface area contributed by atoms with Gasteiger partial charge in [0, 0.05) is 18.8 Å². The summed E-state index contributed by atoms with van der Waals surface area (Å²) < 4.78 is 22.1. The molecule has 1 saturated carbocycles. The Bertz CT molecular complexity index is 1120. The van der Waals surface area contributed by atoms with E-state index in [0.717, 1.165) is 24.5 Å². The maximum absolute atomic E-state index is 14.9. The minimum atomic E-state index is -1.33. The molecule has 2 aromatic carbocycles. The third kappa shape index (κ3) is 3.09. The Labute approximate surface area is 160 Å². The van der Waals surface area contributed by atoms with Gasteiger partial charge < -0.3 is 19.7 Å². The molecule has 1 aliphatic rings. The quantitative estimate of drug-likeness (QED) is 0.678. The number of carbonyl (C=O) groups is 1. The molecule has 0 radical (unpaired) electrons. The summed E-state index contributed by atoms with van der Waals surface area (Å²) in [5.74, 6) is -1.79. The van der Waals surface area contributed by atoms with E-state index in [1.54, 1.807) is 4.57 Å². The summed E-state index contributed by atoms with van der Waals surface area (Å²) in [5.41, 5.74) is 0.439. The molecule has 0 amide bonds. The van der Waals surface area contributed by atoms with Gasteiger partial charge in [0.25, 0.3) is 0 Å². The monoisotopic (exact) mass is 382 g/mol. The first-order valence-electron chi connectivity index (χ1n) is 8.97. The summed E-state index contributed by atoms with van der Waals surface area (Å²) in [4.78, 5) is 24.1. The molecular weight excluding hydrogens is 363 g/mol. The van der Waals surface area contributed by atoms with E-state index in [-0.39, 0.29) is 28.4 Å². The van der Waals surface area contributed by atoms with E-state index < -0.39 is 17.2 Å². The SMILES string of the molecule is COc1c(NCc2ccccc2)c(F)cc2c(=O)c(C(=O)O)cn(C3CC3)c12. The van der Waals surface area contributed by atoms with Crippen LogP contribution in [0.4, 0.5) is 10.1 Å². The van der Waals surface area contributed by atoms with E-state index in [4.69, 9.17) is 4.74 Å². The van der Waals surface area contributed by atoms with Crippen LogP contribution in [0.2, 0.25) is 0 Å². The standard InChI is InChI=1S/C21H19FN2O4/c1-28-20-17(23-10-12-5-3-2-4-6-12)16(22)9-14-18(20)24(13-7-8-13)11-15(19(14)25)21(26)27/h2-6,9,11,13,23H,7-8,10H2,1H3,(H,26,27). The highest BCUT2D eigenvalue weighted by atomic mass is 19.1. The number of rotatable bonds is 6. The zero-order valence-corrected chi connectivity index (χ0v) is 15.2. The number of pyridine rings is 1. The second kappa shape index (κ2) is 6.99. The molecule has 0 unspecified atom stereocenters. The minimum absolute atomic E-state index is 0.00594. The second-order valence-electron chi connectivity index (χ2n) is 6.82. The van der Waals surface area contributed by atoms with Gasteiger partial charge in [0.1, 0.15) is 11.3 Å². The minimum Gasteiger partial charge on any atom is -0.492 e. The lowest BCUT2D eigenvalue weighted by molar-refractivity contribution is 0.0695. The largest absolute Gasteiger partial charge is 0.492 e. The van der Waals surface area contributed by atoms with E-state index >= 15 is 0 Å². The molecule has 0 bridgehead atoms. The van der Waals surface area contributed by atoms with Gasteiger partial charge in [-0.05, 0) is 24.5 Å². The first-order chi connectivity index (χ1) is 13.5.